The predicted molar refractivity (Wildman–Crippen MR) is 99.2 cm³/mol. The third-order valence-electron chi connectivity index (χ3n) is 4.47. The normalized spacial score (nSPS) is 20.6. The summed E-state index contributed by atoms with van der Waals surface area (Å²) in [7, 11) is 0. The van der Waals surface area contributed by atoms with Crippen LogP contribution in [0.25, 0.3) is 0 Å². The molecule has 156 valence electrons. The Balaban J connectivity index is 0.000000321. The van der Waals surface area contributed by atoms with Crippen molar-refractivity contribution in [3.05, 3.63) is 47.8 Å². The third-order valence-corrected chi connectivity index (χ3v) is 4.47. The summed E-state index contributed by atoms with van der Waals surface area (Å²) in [6.07, 6.45) is 1.98. The SMILES string of the molecule is O=C(NCc1ccc(F)cc1)N1CC2CNCC(C2)C1=O.O=C(O)/C=C/C(=O)O. The van der Waals surface area contributed by atoms with Gasteiger partial charge in [0.05, 0.1) is 5.92 Å². The van der Waals surface area contributed by atoms with Gasteiger partial charge in [0.1, 0.15) is 5.82 Å². The fraction of sp³-hybridized carbons (Fsp3) is 0.368. The van der Waals surface area contributed by atoms with Crippen molar-refractivity contribution in [2.75, 3.05) is 19.6 Å². The molecule has 2 heterocycles. The molecule has 2 saturated heterocycles. The van der Waals surface area contributed by atoms with E-state index in [2.05, 4.69) is 10.6 Å². The Labute approximate surface area is 166 Å². The molecule has 2 bridgehead atoms. The summed E-state index contributed by atoms with van der Waals surface area (Å²) in [6.45, 7) is 2.26. The van der Waals surface area contributed by atoms with Gasteiger partial charge < -0.3 is 20.8 Å². The van der Waals surface area contributed by atoms with E-state index in [-0.39, 0.29) is 30.2 Å². The highest BCUT2D eigenvalue weighted by Gasteiger charge is 2.39. The molecule has 3 amide bonds. The summed E-state index contributed by atoms with van der Waals surface area (Å²) in [4.78, 5) is 44.8. The number of imide groups is 1. The number of carbonyl (C=O) groups is 4. The first-order chi connectivity index (χ1) is 13.8. The smallest absolute Gasteiger partial charge is 0.328 e. The summed E-state index contributed by atoms with van der Waals surface area (Å²) < 4.78 is 12.8. The first-order valence-electron chi connectivity index (χ1n) is 8.94. The van der Waals surface area contributed by atoms with Gasteiger partial charge in [-0.25, -0.2) is 18.8 Å². The van der Waals surface area contributed by atoms with E-state index in [0.717, 1.165) is 18.5 Å². The molecule has 1 aromatic rings. The monoisotopic (exact) mass is 407 g/mol. The fourth-order valence-corrected chi connectivity index (χ4v) is 3.13. The van der Waals surface area contributed by atoms with E-state index in [0.29, 0.717) is 31.2 Å². The van der Waals surface area contributed by atoms with Gasteiger partial charge in [0.15, 0.2) is 0 Å². The van der Waals surface area contributed by atoms with Crippen LogP contribution in [0.1, 0.15) is 12.0 Å². The van der Waals surface area contributed by atoms with Crippen molar-refractivity contribution in [1.82, 2.24) is 15.5 Å². The van der Waals surface area contributed by atoms with Gasteiger partial charge in [0.25, 0.3) is 0 Å². The standard InChI is InChI=1S/C15H18FN3O2.C4H4O4/c16-13-3-1-10(2-4-13)7-18-15(21)19-9-11-5-12(14(19)20)8-17-6-11;5-3(6)1-2-4(7)8/h1-4,11-12,17H,5-9H2,(H,18,21);1-2H,(H,5,6)(H,7,8)/b;2-1+. The Morgan fingerprint density at radius 1 is 1.14 bits per heavy atom. The quantitative estimate of drug-likeness (QED) is 0.543. The van der Waals surface area contributed by atoms with E-state index in [4.69, 9.17) is 10.2 Å². The number of rotatable bonds is 4. The molecule has 1 aromatic carbocycles. The number of carbonyl (C=O) groups excluding carboxylic acids is 2. The van der Waals surface area contributed by atoms with Crippen molar-refractivity contribution in [2.45, 2.75) is 13.0 Å². The van der Waals surface area contributed by atoms with Gasteiger partial charge in [0.2, 0.25) is 5.91 Å². The lowest BCUT2D eigenvalue weighted by atomic mass is 9.85. The number of carboxylic acid groups (broad SMARTS) is 2. The molecule has 2 aliphatic heterocycles. The summed E-state index contributed by atoms with van der Waals surface area (Å²) in [5, 5.41) is 21.6. The molecule has 10 heteroatoms. The minimum absolute atomic E-state index is 0.0888. The average Bonchev–Trinajstić information content (AvgIpc) is 2.69. The molecule has 2 unspecified atom stereocenters. The van der Waals surface area contributed by atoms with Crippen molar-refractivity contribution in [3.8, 4) is 0 Å². The minimum Gasteiger partial charge on any atom is -0.478 e. The van der Waals surface area contributed by atoms with Crippen molar-refractivity contribution in [3.63, 3.8) is 0 Å². The molecule has 2 aliphatic rings. The van der Waals surface area contributed by atoms with Crippen molar-refractivity contribution in [2.24, 2.45) is 11.8 Å². The maximum absolute atomic E-state index is 12.8. The number of carboxylic acids is 2. The largest absolute Gasteiger partial charge is 0.478 e. The predicted octanol–water partition coefficient (Wildman–Crippen LogP) is 0.815. The number of hydrogen-bond donors (Lipinski definition) is 4. The second-order valence-electron chi connectivity index (χ2n) is 6.70. The average molecular weight is 407 g/mol. The molecule has 9 nitrogen and oxygen atoms in total. The Hall–Kier alpha value is -3.27. The molecule has 4 N–H and O–H groups in total. The van der Waals surface area contributed by atoms with Crippen LogP contribution in [0.4, 0.5) is 9.18 Å². The number of aliphatic carboxylic acids is 2. The molecule has 0 radical (unpaired) electrons. The second kappa shape index (κ2) is 10.3. The van der Waals surface area contributed by atoms with Gasteiger partial charge in [-0.2, -0.15) is 0 Å². The molecule has 0 saturated carbocycles. The summed E-state index contributed by atoms with van der Waals surface area (Å²) in [5.74, 6) is -2.67. The molecule has 2 fully saturated rings. The second-order valence-corrected chi connectivity index (χ2v) is 6.70. The number of likely N-dealkylation sites (tertiary alicyclic amines) is 1. The molecule has 0 aliphatic carbocycles. The van der Waals surface area contributed by atoms with Crippen LogP contribution in [-0.2, 0) is 20.9 Å². The highest BCUT2D eigenvalue weighted by molar-refractivity contribution is 5.96. The van der Waals surface area contributed by atoms with Crippen LogP contribution in [0.15, 0.2) is 36.4 Å². The van der Waals surface area contributed by atoms with Crippen LogP contribution in [0.5, 0.6) is 0 Å². The zero-order valence-corrected chi connectivity index (χ0v) is 15.5. The van der Waals surface area contributed by atoms with Gasteiger partial charge in [-0.05, 0) is 36.6 Å². The van der Waals surface area contributed by atoms with E-state index in [1.165, 1.54) is 17.0 Å². The number of nitrogens with one attached hydrogen (secondary N) is 2. The maximum atomic E-state index is 12.8. The number of amides is 3. The number of nitrogens with zero attached hydrogens (tertiary/aromatic N) is 1. The van der Waals surface area contributed by atoms with Crippen molar-refractivity contribution >= 4 is 23.9 Å². The fourth-order valence-electron chi connectivity index (χ4n) is 3.13. The Morgan fingerprint density at radius 2 is 1.76 bits per heavy atom. The minimum atomic E-state index is -1.26. The molecule has 2 atom stereocenters. The number of piperidine rings is 2. The van der Waals surface area contributed by atoms with Crippen LogP contribution in [0.2, 0.25) is 0 Å². The molecule has 0 aromatic heterocycles. The molecular weight excluding hydrogens is 385 g/mol. The Bertz CT molecular complexity index is 780. The lowest BCUT2D eigenvalue weighted by Gasteiger charge is -2.39. The molecular formula is C19H22FN3O6. The Morgan fingerprint density at radius 3 is 2.34 bits per heavy atom. The van der Waals surface area contributed by atoms with E-state index in [1.807, 2.05) is 0 Å². The molecule has 3 rings (SSSR count). The number of fused-ring (bicyclic) bond motifs is 2. The molecule has 29 heavy (non-hydrogen) atoms. The molecule has 0 spiro atoms. The number of benzene rings is 1. The topological polar surface area (TPSA) is 136 Å². The highest BCUT2D eigenvalue weighted by atomic mass is 19.1. The highest BCUT2D eigenvalue weighted by Crippen LogP contribution is 2.25. The van der Waals surface area contributed by atoms with Crippen molar-refractivity contribution < 1.29 is 33.8 Å². The van der Waals surface area contributed by atoms with Gasteiger partial charge in [0, 0.05) is 31.8 Å². The van der Waals surface area contributed by atoms with Crippen LogP contribution in [-0.4, -0.2) is 58.6 Å². The van der Waals surface area contributed by atoms with E-state index in [1.54, 1.807) is 12.1 Å². The van der Waals surface area contributed by atoms with Crippen LogP contribution in [0, 0.1) is 17.7 Å². The van der Waals surface area contributed by atoms with Crippen LogP contribution in [0.3, 0.4) is 0 Å². The zero-order valence-electron chi connectivity index (χ0n) is 15.5. The lowest BCUT2D eigenvalue weighted by molar-refractivity contribution is -0.137. The van der Waals surface area contributed by atoms with Crippen molar-refractivity contribution in [1.29, 1.82) is 0 Å². The van der Waals surface area contributed by atoms with E-state index in [9.17, 15) is 23.6 Å². The summed E-state index contributed by atoms with van der Waals surface area (Å²) in [5.41, 5.74) is 0.802. The summed E-state index contributed by atoms with van der Waals surface area (Å²) in [6, 6.07) is 5.58. The maximum Gasteiger partial charge on any atom is 0.328 e. The van der Waals surface area contributed by atoms with Gasteiger partial charge in [-0.15, -0.1) is 0 Å². The first kappa shape index (κ1) is 22.0. The zero-order chi connectivity index (χ0) is 21.4. The van der Waals surface area contributed by atoms with Gasteiger partial charge >= 0.3 is 18.0 Å². The summed E-state index contributed by atoms with van der Waals surface area (Å²) >= 11 is 0. The lowest BCUT2D eigenvalue weighted by Crippen LogP contribution is -2.58. The first-order valence-corrected chi connectivity index (χ1v) is 8.94. The van der Waals surface area contributed by atoms with E-state index >= 15 is 0 Å². The van der Waals surface area contributed by atoms with Crippen LogP contribution >= 0.6 is 0 Å². The van der Waals surface area contributed by atoms with E-state index < -0.39 is 11.9 Å². The van der Waals surface area contributed by atoms with Gasteiger partial charge in [-0.1, -0.05) is 12.1 Å². The third kappa shape index (κ3) is 7.00. The number of halogens is 1. The number of hydrogen-bond acceptors (Lipinski definition) is 5. The Kier molecular flexibility index (Phi) is 7.84. The number of urea groups is 1. The van der Waals surface area contributed by atoms with Gasteiger partial charge in [-0.3, -0.25) is 9.69 Å². The van der Waals surface area contributed by atoms with Crippen LogP contribution < -0.4 is 10.6 Å².